The van der Waals surface area contributed by atoms with E-state index in [1.807, 2.05) is 20.8 Å². The van der Waals surface area contributed by atoms with Crippen molar-refractivity contribution >= 4 is 24.2 Å². The lowest BCUT2D eigenvalue weighted by molar-refractivity contribution is -0.115. The van der Waals surface area contributed by atoms with Crippen LogP contribution in [0.1, 0.15) is 58.2 Å². The molecule has 0 fully saturated rings. The highest BCUT2D eigenvalue weighted by molar-refractivity contribution is 5.75. The Morgan fingerprint density at radius 3 is 2.47 bits per heavy atom. The molecule has 0 aliphatic heterocycles. The number of alkyl halides is 3. The number of rotatable bonds is 18. The summed E-state index contributed by atoms with van der Waals surface area (Å²) in [5, 5.41) is 15.0. The molecule has 1 heterocycles. The van der Waals surface area contributed by atoms with Gasteiger partial charge < -0.3 is 25.2 Å². The van der Waals surface area contributed by atoms with E-state index in [0.29, 0.717) is 66.7 Å². The summed E-state index contributed by atoms with van der Waals surface area (Å²) in [5.74, 6) is 0.651. The fourth-order valence-corrected chi connectivity index (χ4v) is 3.34. The van der Waals surface area contributed by atoms with Gasteiger partial charge >= 0.3 is 6.18 Å². The summed E-state index contributed by atoms with van der Waals surface area (Å²) in [7, 11) is 0. The zero-order valence-electron chi connectivity index (χ0n) is 23.1. The molecule has 1 aromatic heterocycles. The minimum absolute atomic E-state index is 0.0434. The maximum atomic E-state index is 12.8. The molecular formula is C27H42F3N5O3. The van der Waals surface area contributed by atoms with Crippen LogP contribution in [0, 0.1) is 12.8 Å². The lowest BCUT2D eigenvalue weighted by Gasteiger charge is -2.20. The van der Waals surface area contributed by atoms with E-state index in [2.05, 4.69) is 38.9 Å². The van der Waals surface area contributed by atoms with Gasteiger partial charge in [-0.2, -0.15) is 18.2 Å². The zero-order chi connectivity index (χ0) is 28.7. The van der Waals surface area contributed by atoms with Crippen LogP contribution in [-0.4, -0.2) is 67.0 Å². The van der Waals surface area contributed by atoms with E-state index < -0.39 is 12.7 Å². The summed E-state index contributed by atoms with van der Waals surface area (Å²) in [6, 6.07) is 0. The Labute approximate surface area is 224 Å². The van der Waals surface area contributed by atoms with Crippen molar-refractivity contribution in [2.45, 2.75) is 66.2 Å². The molecule has 38 heavy (non-hydrogen) atoms. The number of ether oxygens (including phenoxy) is 2. The van der Waals surface area contributed by atoms with E-state index in [0.717, 1.165) is 6.42 Å². The van der Waals surface area contributed by atoms with Crippen molar-refractivity contribution in [3.63, 3.8) is 0 Å². The smallest absolute Gasteiger partial charge is 0.405 e. The van der Waals surface area contributed by atoms with Gasteiger partial charge in [0.1, 0.15) is 18.1 Å². The fraction of sp³-hybridized carbons (Fsp3) is 0.593. The van der Waals surface area contributed by atoms with Gasteiger partial charge in [-0.3, -0.25) is 4.99 Å². The average Bonchev–Trinajstić information content (AvgIpc) is 2.83. The summed E-state index contributed by atoms with van der Waals surface area (Å²) >= 11 is 0. The van der Waals surface area contributed by atoms with Crippen LogP contribution >= 0.6 is 0 Å². The van der Waals surface area contributed by atoms with Gasteiger partial charge in [-0.05, 0) is 64.5 Å². The Morgan fingerprint density at radius 2 is 1.89 bits per heavy atom. The highest BCUT2D eigenvalue weighted by Gasteiger charge is 2.28. The molecule has 0 aromatic carbocycles. The molecule has 0 saturated carbocycles. The van der Waals surface area contributed by atoms with Gasteiger partial charge in [0.05, 0.1) is 30.6 Å². The Bertz CT molecular complexity index is 958. The van der Waals surface area contributed by atoms with Gasteiger partial charge in [-0.1, -0.05) is 19.9 Å². The highest BCUT2D eigenvalue weighted by atomic mass is 19.4. The second-order valence-electron chi connectivity index (χ2n) is 9.15. The molecule has 0 aliphatic rings. The second-order valence-corrected chi connectivity index (χ2v) is 9.15. The molecule has 0 amide bonds. The minimum atomic E-state index is -4.42. The maximum Gasteiger partial charge on any atom is 0.405 e. The number of hydrogen-bond donors (Lipinski definition) is 3. The van der Waals surface area contributed by atoms with Crippen molar-refractivity contribution in [3.05, 3.63) is 41.3 Å². The molecule has 1 unspecified atom stereocenters. The summed E-state index contributed by atoms with van der Waals surface area (Å²) < 4.78 is 50.2. The van der Waals surface area contributed by atoms with Crippen LogP contribution in [0.25, 0.3) is 5.76 Å². The quantitative estimate of drug-likeness (QED) is 0.0919. The van der Waals surface area contributed by atoms with Crippen molar-refractivity contribution in [1.82, 2.24) is 9.97 Å². The Hall–Kier alpha value is -2.92. The van der Waals surface area contributed by atoms with E-state index in [1.54, 1.807) is 26.0 Å². The first-order valence-electron chi connectivity index (χ1n) is 12.7. The Morgan fingerprint density at radius 1 is 1.18 bits per heavy atom. The first-order valence-corrected chi connectivity index (χ1v) is 12.7. The molecule has 11 heteroatoms. The van der Waals surface area contributed by atoms with Gasteiger partial charge in [0.15, 0.2) is 0 Å². The molecular weight excluding hydrogens is 499 g/mol. The van der Waals surface area contributed by atoms with Crippen LogP contribution in [0.15, 0.2) is 35.0 Å². The van der Waals surface area contributed by atoms with Crippen LogP contribution in [0.5, 0.6) is 0 Å². The van der Waals surface area contributed by atoms with E-state index in [4.69, 9.17) is 9.47 Å². The SMILES string of the molecule is C=N/C(C)=C\C(=C)/C=C(\OCCCOC(C)C)c1c(C)nc(NCC(F)(F)F)nc1NCCC(CC)CO. The van der Waals surface area contributed by atoms with E-state index in [1.165, 1.54) is 0 Å². The van der Waals surface area contributed by atoms with Crippen LogP contribution in [-0.2, 0) is 9.47 Å². The second kappa shape index (κ2) is 16.8. The van der Waals surface area contributed by atoms with Gasteiger partial charge in [0.2, 0.25) is 5.95 Å². The monoisotopic (exact) mass is 541 g/mol. The van der Waals surface area contributed by atoms with Gasteiger partial charge in [-0.15, -0.1) is 0 Å². The summed E-state index contributed by atoms with van der Waals surface area (Å²) in [5.41, 5.74) is 2.16. The lowest BCUT2D eigenvalue weighted by Crippen LogP contribution is -2.23. The number of halogens is 3. The molecule has 3 N–H and O–H groups in total. The highest BCUT2D eigenvalue weighted by Crippen LogP contribution is 2.30. The number of aromatic nitrogens is 2. The van der Waals surface area contributed by atoms with Crippen molar-refractivity contribution in [2.24, 2.45) is 10.9 Å². The molecule has 8 nitrogen and oxygen atoms in total. The van der Waals surface area contributed by atoms with E-state index in [-0.39, 0.29) is 24.6 Å². The van der Waals surface area contributed by atoms with Crippen molar-refractivity contribution in [3.8, 4) is 0 Å². The van der Waals surface area contributed by atoms with Crippen molar-refractivity contribution in [1.29, 1.82) is 0 Å². The molecule has 0 radical (unpaired) electrons. The van der Waals surface area contributed by atoms with E-state index >= 15 is 0 Å². The zero-order valence-corrected chi connectivity index (χ0v) is 23.1. The predicted octanol–water partition coefficient (Wildman–Crippen LogP) is 5.91. The number of nitrogens with one attached hydrogen (secondary N) is 2. The number of nitrogens with zero attached hydrogens (tertiary/aromatic N) is 3. The number of aryl methyl sites for hydroxylation is 1. The standard InChI is InChI=1S/C27H42F3N5O3/c1-8-22(16-36)10-11-32-25-24(21(6)34-26(35-25)33-17-27(28,29)30)23(15-19(4)14-20(5)31-7)38-13-9-12-37-18(2)3/h14-15,18,22,36H,4,7-13,16-17H2,1-3,5-6H3,(H2,32,33,34,35)/b20-14-,23-15-. The number of aliphatic imine (C=N–C) groups is 1. The van der Waals surface area contributed by atoms with Gasteiger partial charge in [-0.25, -0.2) is 4.98 Å². The van der Waals surface area contributed by atoms with Crippen LogP contribution in [0.4, 0.5) is 24.9 Å². The van der Waals surface area contributed by atoms with Crippen LogP contribution in [0.3, 0.4) is 0 Å². The van der Waals surface area contributed by atoms with Crippen molar-refractivity contribution in [2.75, 3.05) is 43.5 Å². The maximum absolute atomic E-state index is 12.8. The topological polar surface area (TPSA) is 101 Å². The minimum Gasteiger partial charge on any atom is -0.493 e. The third-order valence-corrected chi connectivity index (χ3v) is 5.42. The fourth-order valence-electron chi connectivity index (χ4n) is 3.34. The number of anilines is 2. The molecule has 1 aromatic rings. The summed E-state index contributed by atoms with van der Waals surface area (Å²) in [6.45, 7) is 16.9. The van der Waals surface area contributed by atoms with Crippen LogP contribution in [0.2, 0.25) is 0 Å². The summed E-state index contributed by atoms with van der Waals surface area (Å²) in [6.07, 6.45) is 1.17. The summed E-state index contributed by atoms with van der Waals surface area (Å²) in [4.78, 5) is 12.5. The molecule has 0 saturated heterocycles. The number of allylic oxidation sites excluding steroid dienone is 4. The third-order valence-electron chi connectivity index (χ3n) is 5.42. The Balaban J connectivity index is 3.42. The molecule has 0 bridgehead atoms. The first kappa shape index (κ1) is 33.1. The van der Waals surface area contributed by atoms with E-state index in [9.17, 15) is 18.3 Å². The predicted molar refractivity (Wildman–Crippen MR) is 147 cm³/mol. The Kier molecular flexibility index (Phi) is 14.7. The lowest BCUT2D eigenvalue weighted by atomic mass is 10.0. The molecule has 214 valence electrons. The largest absolute Gasteiger partial charge is 0.493 e. The molecule has 0 aliphatic carbocycles. The average molecular weight is 542 g/mol. The number of hydrogen-bond acceptors (Lipinski definition) is 8. The van der Waals surface area contributed by atoms with Gasteiger partial charge in [0.25, 0.3) is 0 Å². The molecule has 1 atom stereocenters. The number of aliphatic hydroxyl groups excluding tert-OH is 1. The molecule has 1 rings (SSSR count). The number of aliphatic hydroxyl groups is 1. The first-order chi connectivity index (χ1) is 17.9. The van der Waals surface area contributed by atoms with Crippen molar-refractivity contribution < 1.29 is 27.8 Å². The third kappa shape index (κ3) is 13.0. The molecule has 0 spiro atoms. The normalized spacial score (nSPS) is 13.4. The van der Waals surface area contributed by atoms with Crippen LogP contribution < -0.4 is 10.6 Å². The van der Waals surface area contributed by atoms with Gasteiger partial charge in [0, 0.05) is 25.3 Å².